The van der Waals surface area contributed by atoms with Crippen LogP contribution >= 0.6 is 0 Å². The third-order valence-electron chi connectivity index (χ3n) is 4.77. The molecule has 1 aliphatic heterocycles. The zero-order valence-electron chi connectivity index (χ0n) is 13.8. The molecule has 1 heterocycles. The van der Waals surface area contributed by atoms with Gasteiger partial charge in [0.05, 0.1) is 0 Å². The summed E-state index contributed by atoms with van der Waals surface area (Å²) in [6, 6.07) is 4.64. The number of piperidine rings is 1. The molecule has 1 saturated heterocycles. The molecule has 1 atom stereocenters. The fourth-order valence-corrected chi connectivity index (χ4v) is 3.49. The Morgan fingerprint density at radius 3 is 2.10 bits per heavy atom. The maximum absolute atomic E-state index is 6.50. The summed E-state index contributed by atoms with van der Waals surface area (Å²) >= 11 is 0. The summed E-state index contributed by atoms with van der Waals surface area (Å²) in [5, 5.41) is 0. The Bertz CT molecular complexity index is 443. The highest BCUT2D eigenvalue weighted by Crippen LogP contribution is 2.31. The van der Waals surface area contributed by atoms with Crippen molar-refractivity contribution < 1.29 is 0 Å². The van der Waals surface area contributed by atoms with Crippen LogP contribution in [-0.4, -0.2) is 24.5 Å². The van der Waals surface area contributed by atoms with Crippen molar-refractivity contribution in [1.29, 1.82) is 0 Å². The monoisotopic (exact) mass is 274 g/mol. The Balaban J connectivity index is 2.04. The average molecular weight is 274 g/mol. The van der Waals surface area contributed by atoms with Gasteiger partial charge >= 0.3 is 0 Å². The van der Waals surface area contributed by atoms with Gasteiger partial charge in [0, 0.05) is 12.6 Å². The van der Waals surface area contributed by atoms with Crippen molar-refractivity contribution in [1.82, 2.24) is 4.90 Å². The van der Waals surface area contributed by atoms with Gasteiger partial charge in [-0.05, 0) is 68.8 Å². The van der Waals surface area contributed by atoms with E-state index >= 15 is 0 Å². The van der Waals surface area contributed by atoms with E-state index in [1.807, 2.05) is 0 Å². The van der Waals surface area contributed by atoms with E-state index in [9.17, 15) is 0 Å². The zero-order valence-corrected chi connectivity index (χ0v) is 13.8. The minimum Gasteiger partial charge on any atom is -0.323 e. The van der Waals surface area contributed by atoms with Gasteiger partial charge < -0.3 is 10.6 Å². The van der Waals surface area contributed by atoms with Gasteiger partial charge in [0.25, 0.3) is 0 Å². The second kappa shape index (κ2) is 5.87. The summed E-state index contributed by atoms with van der Waals surface area (Å²) in [6.45, 7) is 14.6. The zero-order chi connectivity index (χ0) is 14.9. The Morgan fingerprint density at radius 2 is 1.60 bits per heavy atom. The molecule has 2 nitrogen and oxygen atoms in total. The Morgan fingerprint density at radius 1 is 1.10 bits per heavy atom. The molecule has 2 heteroatoms. The largest absolute Gasteiger partial charge is 0.323 e. The first-order valence-corrected chi connectivity index (χ1v) is 7.84. The molecule has 1 aromatic rings. The molecule has 0 aromatic heterocycles. The molecule has 0 saturated carbocycles. The number of hydrogen-bond donors (Lipinski definition) is 1. The summed E-state index contributed by atoms with van der Waals surface area (Å²) < 4.78 is 0. The fraction of sp³-hybridized carbons (Fsp3) is 0.667. The number of hydrogen-bond acceptors (Lipinski definition) is 2. The second-order valence-corrected chi connectivity index (χ2v) is 7.38. The summed E-state index contributed by atoms with van der Waals surface area (Å²) in [5.74, 6) is 0. The van der Waals surface area contributed by atoms with Crippen LogP contribution in [0.25, 0.3) is 0 Å². The second-order valence-electron chi connectivity index (χ2n) is 7.38. The molecule has 0 radical (unpaired) electrons. The molecule has 1 unspecified atom stereocenters. The van der Waals surface area contributed by atoms with Crippen molar-refractivity contribution in [3.8, 4) is 0 Å². The molecule has 2 N–H and O–H groups in total. The minimum atomic E-state index is 0.136. The van der Waals surface area contributed by atoms with Crippen LogP contribution in [0.1, 0.15) is 55.0 Å². The fourth-order valence-electron chi connectivity index (χ4n) is 3.49. The van der Waals surface area contributed by atoms with Crippen LogP contribution in [-0.2, 0) is 0 Å². The molecule has 112 valence electrons. The van der Waals surface area contributed by atoms with Gasteiger partial charge in [-0.15, -0.1) is 0 Å². The van der Waals surface area contributed by atoms with Crippen molar-refractivity contribution in [3.05, 3.63) is 34.4 Å². The quantitative estimate of drug-likeness (QED) is 0.910. The Kier molecular flexibility index (Phi) is 4.55. The van der Waals surface area contributed by atoms with Crippen LogP contribution in [0.4, 0.5) is 0 Å². The summed E-state index contributed by atoms with van der Waals surface area (Å²) in [5.41, 5.74) is 12.4. The molecule has 0 aliphatic carbocycles. The standard InChI is InChI=1S/C18H30N2/c1-13-10-14(2)17(15(3)11-13)16(19)12-20-8-6-18(4,5)7-9-20/h10-11,16H,6-9,12,19H2,1-5H3. The number of nitrogens with two attached hydrogens (primary N) is 1. The van der Waals surface area contributed by atoms with E-state index < -0.39 is 0 Å². The van der Waals surface area contributed by atoms with Gasteiger partial charge in [0.15, 0.2) is 0 Å². The third-order valence-corrected chi connectivity index (χ3v) is 4.77. The Labute approximate surface area is 124 Å². The van der Waals surface area contributed by atoms with E-state index in [1.54, 1.807) is 0 Å². The number of nitrogens with zero attached hydrogens (tertiary/aromatic N) is 1. The molecular formula is C18H30N2. The number of aryl methyl sites for hydroxylation is 3. The number of likely N-dealkylation sites (tertiary alicyclic amines) is 1. The van der Waals surface area contributed by atoms with E-state index in [0.29, 0.717) is 5.41 Å². The highest BCUT2D eigenvalue weighted by atomic mass is 15.1. The van der Waals surface area contributed by atoms with Crippen molar-refractivity contribution in [3.63, 3.8) is 0 Å². The van der Waals surface area contributed by atoms with Gasteiger partial charge in [-0.1, -0.05) is 31.5 Å². The lowest BCUT2D eigenvalue weighted by molar-refractivity contribution is 0.127. The van der Waals surface area contributed by atoms with Crippen molar-refractivity contribution in [2.75, 3.05) is 19.6 Å². The van der Waals surface area contributed by atoms with E-state index in [4.69, 9.17) is 5.73 Å². The van der Waals surface area contributed by atoms with Crippen molar-refractivity contribution >= 4 is 0 Å². The van der Waals surface area contributed by atoms with Gasteiger partial charge in [0.1, 0.15) is 0 Å². The lowest BCUT2D eigenvalue weighted by atomic mass is 9.82. The highest BCUT2D eigenvalue weighted by Gasteiger charge is 2.26. The molecule has 1 fully saturated rings. The normalized spacial score (nSPS) is 20.9. The van der Waals surface area contributed by atoms with Gasteiger partial charge in [-0.2, -0.15) is 0 Å². The maximum atomic E-state index is 6.50. The number of benzene rings is 1. The Hall–Kier alpha value is -0.860. The molecule has 2 rings (SSSR count). The molecule has 1 aromatic carbocycles. The smallest absolute Gasteiger partial charge is 0.0429 e. The molecule has 0 amide bonds. The lowest BCUT2D eigenvalue weighted by Crippen LogP contribution is -2.41. The average Bonchev–Trinajstić information content (AvgIpc) is 2.30. The van der Waals surface area contributed by atoms with Gasteiger partial charge in [-0.3, -0.25) is 0 Å². The predicted octanol–water partition coefficient (Wildman–Crippen LogP) is 3.73. The van der Waals surface area contributed by atoms with Crippen LogP contribution in [0.2, 0.25) is 0 Å². The van der Waals surface area contributed by atoms with Crippen molar-refractivity contribution in [2.45, 2.75) is 53.5 Å². The first-order chi connectivity index (χ1) is 9.28. The van der Waals surface area contributed by atoms with Crippen LogP contribution < -0.4 is 5.73 Å². The molecule has 1 aliphatic rings. The number of rotatable bonds is 3. The first kappa shape index (κ1) is 15.5. The lowest BCUT2D eigenvalue weighted by Gasteiger charge is -2.38. The van der Waals surface area contributed by atoms with E-state index in [0.717, 1.165) is 6.54 Å². The molecule has 0 spiro atoms. The van der Waals surface area contributed by atoms with Gasteiger partial charge in [0.2, 0.25) is 0 Å². The molecule has 0 bridgehead atoms. The summed E-state index contributed by atoms with van der Waals surface area (Å²) in [4.78, 5) is 2.54. The van der Waals surface area contributed by atoms with E-state index in [1.165, 1.54) is 48.2 Å². The highest BCUT2D eigenvalue weighted by molar-refractivity contribution is 5.39. The van der Waals surface area contributed by atoms with E-state index in [-0.39, 0.29) is 6.04 Å². The summed E-state index contributed by atoms with van der Waals surface area (Å²) in [6.07, 6.45) is 2.57. The SMILES string of the molecule is Cc1cc(C)c(C(N)CN2CCC(C)(C)CC2)c(C)c1. The van der Waals surface area contributed by atoms with Crippen molar-refractivity contribution in [2.24, 2.45) is 11.1 Å². The predicted molar refractivity (Wildman–Crippen MR) is 87.0 cm³/mol. The van der Waals surface area contributed by atoms with Crippen LogP contribution in [0.15, 0.2) is 12.1 Å². The molecule has 20 heavy (non-hydrogen) atoms. The molecular weight excluding hydrogens is 244 g/mol. The minimum absolute atomic E-state index is 0.136. The van der Waals surface area contributed by atoms with E-state index in [2.05, 4.69) is 51.7 Å². The third kappa shape index (κ3) is 3.62. The topological polar surface area (TPSA) is 29.3 Å². The first-order valence-electron chi connectivity index (χ1n) is 7.84. The summed E-state index contributed by atoms with van der Waals surface area (Å²) in [7, 11) is 0. The van der Waals surface area contributed by atoms with Gasteiger partial charge in [-0.25, -0.2) is 0 Å². The van der Waals surface area contributed by atoms with Crippen LogP contribution in [0, 0.1) is 26.2 Å². The van der Waals surface area contributed by atoms with Crippen LogP contribution in [0.3, 0.4) is 0 Å². The van der Waals surface area contributed by atoms with Crippen LogP contribution in [0.5, 0.6) is 0 Å². The maximum Gasteiger partial charge on any atom is 0.0429 e.